The maximum absolute atomic E-state index is 5.21. The maximum atomic E-state index is 5.21. The van der Waals surface area contributed by atoms with Gasteiger partial charge in [0.2, 0.25) is 0 Å². The van der Waals surface area contributed by atoms with Gasteiger partial charge in [-0.15, -0.1) is 0 Å². The fourth-order valence-electron chi connectivity index (χ4n) is 0.446. The average molecular weight is 149 g/mol. The van der Waals surface area contributed by atoms with Gasteiger partial charge >= 0.3 is 0 Å². The molecular formula is C6H15NO3. The van der Waals surface area contributed by atoms with Crippen LogP contribution in [-0.2, 0) is 14.2 Å². The van der Waals surface area contributed by atoms with Crippen LogP contribution in [0.3, 0.4) is 0 Å². The van der Waals surface area contributed by atoms with E-state index in [9.17, 15) is 0 Å². The van der Waals surface area contributed by atoms with E-state index in [0.717, 1.165) is 0 Å². The zero-order chi connectivity index (χ0) is 8.04. The minimum atomic E-state index is -0.945. The van der Waals surface area contributed by atoms with Crippen LogP contribution in [0, 0.1) is 0 Å². The summed E-state index contributed by atoms with van der Waals surface area (Å²) in [6.07, 6.45) is 0. The van der Waals surface area contributed by atoms with Gasteiger partial charge in [0.1, 0.15) is 0 Å². The van der Waals surface area contributed by atoms with Crippen molar-refractivity contribution < 1.29 is 14.2 Å². The van der Waals surface area contributed by atoms with Crippen molar-refractivity contribution in [3.8, 4) is 0 Å². The van der Waals surface area contributed by atoms with E-state index in [1.165, 1.54) is 14.2 Å². The van der Waals surface area contributed by atoms with Gasteiger partial charge in [-0.05, 0) is 0 Å². The highest BCUT2D eigenvalue weighted by atomic mass is 16.9. The van der Waals surface area contributed by atoms with Crippen molar-refractivity contribution in [3.05, 3.63) is 0 Å². The van der Waals surface area contributed by atoms with Crippen molar-refractivity contribution >= 4 is 0 Å². The minimum absolute atomic E-state index is 0.429. The summed E-state index contributed by atoms with van der Waals surface area (Å²) in [7, 11) is 3.03. The minimum Gasteiger partial charge on any atom is -0.331 e. The molecule has 0 atom stereocenters. The van der Waals surface area contributed by atoms with Gasteiger partial charge in [0.05, 0.1) is 6.61 Å². The summed E-state index contributed by atoms with van der Waals surface area (Å²) in [4.78, 5) is 0. The highest BCUT2D eigenvalue weighted by Gasteiger charge is 2.22. The van der Waals surface area contributed by atoms with Gasteiger partial charge in [-0.3, -0.25) is 0 Å². The summed E-state index contributed by atoms with van der Waals surface area (Å²) in [5.74, 6) is -0.945. The van der Waals surface area contributed by atoms with E-state index in [-0.39, 0.29) is 0 Å². The van der Waals surface area contributed by atoms with Crippen molar-refractivity contribution in [2.24, 2.45) is 5.73 Å². The first-order valence-electron chi connectivity index (χ1n) is 3.13. The number of ether oxygens (including phenoxy) is 3. The van der Waals surface area contributed by atoms with Crippen LogP contribution in [0.15, 0.2) is 0 Å². The molecular weight excluding hydrogens is 134 g/mol. The molecule has 2 N–H and O–H groups in total. The molecule has 0 spiro atoms. The third kappa shape index (κ3) is 3.12. The average Bonchev–Trinajstić information content (AvgIpc) is 2.00. The summed E-state index contributed by atoms with van der Waals surface area (Å²) in [6, 6.07) is 0. The summed E-state index contributed by atoms with van der Waals surface area (Å²) < 4.78 is 14.9. The Morgan fingerprint density at radius 3 is 2.10 bits per heavy atom. The monoisotopic (exact) mass is 149 g/mol. The molecule has 0 unspecified atom stereocenters. The topological polar surface area (TPSA) is 53.7 Å². The van der Waals surface area contributed by atoms with Crippen molar-refractivity contribution in [1.29, 1.82) is 0 Å². The predicted octanol–water partition coefficient (Wildman–Crippen LogP) is -0.0718. The Morgan fingerprint density at radius 2 is 1.80 bits per heavy atom. The maximum Gasteiger partial charge on any atom is 0.279 e. The first kappa shape index (κ1) is 9.84. The largest absolute Gasteiger partial charge is 0.331 e. The van der Waals surface area contributed by atoms with Crippen LogP contribution in [0.5, 0.6) is 0 Å². The summed E-state index contributed by atoms with van der Waals surface area (Å²) in [5, 5.41) is 0. The van der Waals surface area contributed by atoms with Crippen molar-refractivity contribution in [3.63, 3.8) is 0 Å². The fourth-order valence-corrected chi connectivity index (χ4v) is 0.446. The molecule has 0 aromatic rings. The quantitative estimate of drug-likeness (QED) is 0.556. The van der Waals surface area contributed by atoms with Gasteiger partial charge in [0.25, 0.3) is 5.97 Å². The first-order valence-corrected chi connectivity index (χ1v) is 3.13. The Bertz CT molecular complexity index is 83.1. The molecule has 0 aliphatic rings. The van der Waals surface area contributed by atoms with E-state index in [1.54, 1.807) is 6.92 Å². The molecule has 0 rings (SSSR count). The normalized spacial score (nSPS) is 12.0. The number of nitrogens with two attached hydrogens (primary N) is 1. The predicted molar refractivity (Wildman–Crippen MR) is 37.4 cm³/mol. The van der Waals surface area contributed by atoms with E-state index in [0.29, 0.717) is 13.2 Å². The first-order chi connectivity index (χ1) is 4.68. The molecule has 4 nitrogen and oxygen atoms in total. The molecule has 0 aliphatic heterocycles. The number of hydrogen-bond acceptors (Lipinski definition) is 4. The smallest absolute Gasteiger partial charge is 0.279 e. The van der Waals surface area contributed by atoms with Gasteiger partial charge in [-0.25, -0.2) is 0 Å². The standard InChI is InChI=1S/C6H15NO3/c1-6(8-2,9-3)10-5-4-7/h4-5,7H2,1-3H3. The Morgan fingerprint density at radius 1 is 1.30 bits per heavy atom. The molecule has 0 bridgehead atoms. The van der Waals surface area contributed by atoms with Crippen LogP contribution in [-0.4, -0.2) is 33.3 Å². The molecule has 62 valence electrons. The Labute approximate surface area is 61.2 Å². The fraction of sp³-hybridized carbons (Fsp3) is 1.00. The number of methoxy groups -OCH3 is 2. The number of hydrogen-bond donors (Lipinski definition) is 1. The van der Waals surface area contributed by atoms with Crippen LogP contribution >= 0.6 is 0 Å². The van der Waals surface area contributed by atoms with Crippen LogP contribution < -0.4 is 5.73 Å². The second-order valence-corrected chi connectivity index (χ2v) is 1.91. The number of rotatable bonds is 5. The van der Waals surface area contributed by atoms with E-state index < -0.39 is 5.97 Å². The molecule has 0 saturated heterocycles. The lowest BCUT2D eigenvalue weighted by Gasteiger charge is -2.25. The molecule has 4 heteroatoms. The zero-order valence-corrected chi connectivity index (χ0v) is 6.72. The highest BCUT2D eigenvalue weighted by molar-refractivity contribution is 4.44. The van der Waals surface area contributed by atoms with E-state index in [1.807, 2.05) is 0 Å². The molecule has 10 heavy (non-hydrogen) atoms. The lowest BCUT2D eigenvalue weighted by molar-refractivity contribution is -0.349. The van der Waals surface area contributed by atoms with Gasteiger partial charge in [-0.1, -0.05) is 0 Å². The summed E-state index contributed by atoms with van der Waals surface area (Å²) in [5.41, 5.74) is 5.21. The Balaban J connectivity index is 3.58. The Hall–Kier alpha value is -0.160. The van der Waals surface area contributed by atoms with Crippen LogP contribution in [0.25, 0.3) is 0 Å². The van der Waals surface area contributed by atoms with Crippen LogP contribution in [0.1, 0.15) is 6.92 Å². The molecule has 0 aromatic carbocycles. The van der Waals surface area contributed by atoms with Crippen molar-refractivity contribution in [1.82, 2.24) is 0 Å². The third-order valence-electron chi connectivity index (χ3n) is 1.22. The molecule has 0 saturated carbocycles. The second-order valence-electron chi connectivity index (χ2n) is 1.91. The van der Waals surface area contributed by atoms with Gasteiger partial charge in [-0.2, -0.15) is 0 Å². The van der Waals surface area contributed by atoms with E-state index in [4.69, 9.17) is 19.9 Å². The van der Waals surface area contributed by atoms with Crippen molar-refractivity contribution in [2.45, 2.75) is 12.9 Å². The van der Waals surface area contributed by atoms with Crippen LogP contribution in [0.4, 0.5) is 0 Å². The molecule has 0 amide bonds. The summed E-state index contributed by atoms with van der Waals surface area (Å²) >= 11 is 0. The molecule has 0 fully saturated rings. The van der Waals surface area contributed by atoms with Gasteiger partial charge in [0, 0.05) is 27.7 Å². The van der Waals surface area contributed by atoms with E-state index in [2.05, 4.69) is 0 Å². The summed E-state index contributed by atoms with van der Waals surface area (Å²) in [6.45, 7) is 2.57. The highest BCUT2D eigenvalue weighted by Crippen LogP contribution is 2.10. The lowest BCUT2D eigenvalue weighted by Crippen LogP contribution is -2.34. The molecule has 0 radical (unpaired) electrons. The second kappa shape index (κ2) is 4.62. The van der Waals surface area contributed by atoms with E-state index >= 15 is 0 Å². The molecule has 0 aliphatic carbocycles. The van der Waals surface area contributed by atoms with Gasteiger partial charge < -0.3 is 19.9 Å². The van der Waals surface area contributed by atoms with Crippen LogP contribution in [0.2, 0.25) is 0 Å². The lowest BCUT2D eigenvalue weighted by atomic mass is 10.6. The zero-order valence-electron chi connectivity index (χ0n) is 6.72. The third-order valence-corrected chi connectivity index (χ3v) is 1.22. The molecule has 0 heterocycles. The van der Waals surface area contributed by atoms with Crippen molar-refractivity contribution in [2.75, 3.05) is 27.4 Å². The van der Waals surface area contributed by atoms with Gasteiger partial charge in [0.15, 0.2) is 0 Å². The molecule has 0 aromatic heterocycles. The Kier molecular flexibility index (Phi) is 4.55. The SMILES string of the molecule is COC(C)(OC)OCCN.